The zero-order chi connectivity index (χ0) is 27.4. The molecule has 0 amide bonds. The maximum absolute atomic E-state index is 11.4. The summed E-state index contributed by atoms with van der Waals surface area (Å²) in [6.07, 6.45) is 13.4. The van der Waals surface area contributed by atoms with Crippen molar-refractivity contribution in [3.63, 3.8) is 0 Å². The van der Waals surface area contributed by atoms with Crippen LogP contribution in [0.2, 0.25) is 0 Å². The van der Waals surface area contributed by atoms with Gasteiger partial charge in [0.2, 0.25) is 0 Å². The Kier molecular flexibility index (Phi) is 45.9. The molecule has 9 heteroatoms. The average Bonchev–Trinajstić information content (AvgIpc) is 2.93. The molecular weight excluding hydrogens is 710 g/mol. The van der Waals surface area contributed by atoms with Gasteiger partial charge < -0.3 is 10.5 Å². The molecule has 2 atom stereocenters. The minimum absolute atomic E-state index is 0. The number of unbranched alkanes of at least 4 members (excludes halogenated alkanes) is 6. The molecule has 0 bridgehead atoms. The molecule has 2 aromatic carbocycles. The van der Waals surface area contributed by atoms with E-state index in [2.05, 4.69) is 59.3 Å². The van der Waals surface area contributed by atoms with E-state index in [0.717, 1.165) is 50.7 Å². The summed E-state index contributed by atoms with van der Waals surface area (Å²) in [5.74, 6) is 1.40. The third-order valence-electron chi connectivity index (χ3n) is 5.41. The van der Waals surface area contributed by atoms with E-state index in [0.29, 0.717) is 5.75 Å². The number of benzene rings is 2. The maximum Gasteiger partial charge on any atom is 0.114 e. The molecule has 2 aromatic rings. The van der Waals surface area contributed by atoms with Gasteiger partial charge >= 0.3 is 0 Å². The van der Waals surface area contributed by atoms with Crippen LogP contribution >= 0.6 is 10.7 Å². The Labute approximate surface area is 307 Å². The molecule has 2 rings (SSSR count). The van der Waals surface area contributed by atoms with Gasteiger partial charge in [0.05, 0.1) is 11.0 Å². The van der Waals surface area contributed by atoms with Gasteiger partial charge in [-0.2, -0.15) is 12.8 Å². The number of hydrogen-bond donors (Lipinski definition) is 2. The van der Waals surface area contributed by atoms with Crippen molar-refractivity contribution in [3.8, 4) is 0 Å². The second kappa shape index (κ2) is 38.2. The van der Waals surface area contributed by atoms with Crippen molar-refractivity contribution in [2.45, 2.75) is 98.3 Å². The summed E-state index contributed by atoms with van der Waals surface area (Å²) in [5.41, 5.74) is 7.72. The number of hydrogen-bond acceptors (Lipinski definition) is 3. The van der Waals surface area contributed by atoms with Crippen molar-refractivity contribution in [1.29, 1.82) is 0 Å². The van der Waals surface area contributed by atoms with Crippen LogP contribution in [-0.4, -0.2) is 19.9 Å². The molecule has 2 radical (unpaired) electrons. The molecule has 0 spiro atoms. The van der Waals surface area contributed by atoms with Gasteiger partial charge in [-0.15, -0.1) is 0 Å². The van der Waals surface area contributed by atoms with Gasteiger partial charge in [0.1, 0.15) is 10.0 Å². The maximum atomic E-state index is 11.4. The Morgan fingerprint density at radius 3 is 1.48 bits per heavy atom. The average molecular weight is 763 g/mol. The fraction of sp³-hybridized carbons (Fsp3) is 0.548. The van der Waals surface area contributed by atoms with Crippen LogP contribution in [0.5, 0.6) is 0 Å². The molecule has 2 unspecified atom stereocenters. The molecule has 0 fully saturated rings. The summed E-state index contributed by atoms with van der Waals surface area (Å²) in [6, 6.07) is 21.1. The van der Waals surface area contributed by atoms with Gasteiger partial charge in [-0.25, -0.2) is 8.42 Å². The first-order valence-electron chi connectivity index (χ1n) is 13.7. The van der Waals surface area contributed by atoms with Crippen molar-refractivity contribution < 1.29 is 73.8 Å². The van der Waals surface area contributed by atoms with E-state index < -0.39 is 21.0 Å². The van der Waals surface area contributed by atoms with Crippen LogP contribution in [0.4, 0.5) is 0 Å². The second-order valence-electron chi connectivity index (χ2n) is 8.72. The Morgan fingerprint density at radius 1 is 0.700 bits per heavy atom. The Morgan fingerprint density at radius 2 is 1.10 bits per heavy atom. The number of halogens is 1. The van der Waals surface area contributed by atoms with E-state index in [1.807, 2.05) is 26.5 Å². The first-order chi connectivity index (χ1) is 18.0. The predicted molar refractivity (Wildman–Crippen MR) is 172 cm³/mol. The van der Waals surface area contributed by atoms with Gasteiger partial charge in [-0.05, 0) is 60.3 Å². The second-order valence-corrected chi connectivity index (χ2v) is 12.1. The van der Waals surface area contributed by atoms with E-state index in [4.69, 9.17) is 16.4 Å². The molecule has 4 nitrogen and oxygen atoms in total. The van der Waals surface area contributed by atoms with Crippen molar-refractivity contribution in [2.75, 3.05) is 11.5 Å². The summed E-state index contributed by atoms with van der Waals surface area (Å²) < 4.78 is 24.9. The third kappa shape index (κ3) is 35.4. The topological polar surface area (TPSA) is 72.2 Å². The van der Waals surface area contributed by atoms with Crippen LogP contribution in [0.15, 0.2) is 60.7 Å². The zero-order valence-corrected chi connectivity index (χ0v) is 32.1. The first-order valence-corrected chi connectivity index (χ1v) is 17.1. The minimum Gasteiger partial charge on any atom is -0.483 e. The summed E-state index contributed by atoms with van der Waals surface area (Å²) in [4.78, 5) is 0. The smallest absolute Gasteiger partial charge is 0.114 e. The van der Waals surface area contributed by atoms with Gasteiger partial charge in [0.15, 0.2) is 0 Å². The van der Waals surface area contributed by atoms with E-state index in [1.165, 1.54) is 43.2 Å². The molecule has 0 aliphatic rings. The summed E-state index contributed by atoms with van der Waals surface area (Å²) in [6.45, 7) is 7.53. The van der Waals surface area contributed by atoms with Crippen molar-refractivity contribution in [3.05, 3.63) is 84.9 Å². The van der Waals surface area contributed by atoms with E-state index in [1.54, 1.807) is 6.54 Å². The molecule has 40 heavy (non-hydrogen) atoms. The molecule has 0 aliphatic heterocycles. The molecule has 3 N–H and O–H groups in total. The van der Waals surface area contributed by atoms with E-state index in [-0.39, 0.29) is 72.8 Å². The number of aryl methyl sites for hydroxylation is 2. The Bertz CT molecular complexity index is 789. The molecule has 0 heterocycles. The quantitative estimate of drug-likeness (QED) is 0.0910. The van der Waals surface area contributed by atoms with Gasteiger partial charge in [0.25, 0.3) is 0 Å². The van der Waals surface area contributed by atoms with Gasteiger partial charge in [-0.3, -0.25) is 13.1 Å². The SMILES string of the molecule is C.CC[CH-]N.CC[CH-]NS(=O)CCCCCCc1ccccc1.O=S(Cl)CCCCCCc1ccccc1.[Y].[Y]. The third-order valence-corrected chi connectivity index (χ3v) is 7.57. The number of nitrogens with one attached hydrogen (secondary N) is 1. The minimum atomic E-state index is -1.13. The normalized spacial score (nSPS) is 11.1. The molecule has 0 saturated carbocycles. The summed E-state index contributed by atoms with van der Waals surface area (Å²) >= 11 is 0. The summed E-state index contributed by atoms with van der Waals surface area (Å²) in [5, 5.41) is 0. The van der Waals surface area contributed by atoms with E-state index in [9.17, 15) is 8.42 Å². The zero-order valence-electron chi connectivity index (χ0n) is 24.1. The van der Waals surface area contributed by atoms with Crippen molar-refractivity contribution in [1.82, 2.24) is 4.72 Å². The van der Waals surface area contributed by atoms with Crippen LogP contribution in [0.3, 0.4) is 0 Å². The van der Waals surface area contributed by atoms with Gasteiger partial charge in [-0.1, -0.05) is 108 Å². The molecule has 0 saturated heterocycles. The van der Waals surface area contributed by atoms with Crippen LogP contribution in [0.1, 0.15) is 96.6 Å². The van der Waals surface area contributed by atoms with Crippen LogP contribution in [-0.2, 0) is 99.3 Å². The monoisotopic (exact) mass is 762 g/mol. The first kappa shape index (κ1) is 48.1. The Hall–Kier alpha value is 1.16. The molecule has 0 aliphatic carbocycles. The number of rotatable bonds is 18. The molecular formula is C31H53ClN2O2S2Y2-2. The molecule has 0 aromatic heterocycles. The Balaban J connectivity index is -0.000000270. The fourth-order valence-electron chi connectivity index (χ4n) is 3.34. The largest absolute Gasteiger partial charge is 0.483 e. The fourth-order valence-corrected chi connectivity index (χ4v) is 5.03. The van der Waals surface area contributed by atoms with Crippen LogP contribution < -0.4 is 10.5 Å². The molecule has 226 valence electrons. The predicted octanol–water partition coefficient (Wildman–Crippen LogP) is 8.45. The van der Waals surface area contributed by atoms with Crippen LogP contribution in [0.25, 0.3) is 0 Å². The van der Waals surface area contributed by atoms with Crippen molar-refractivity contribution >= 4 is 31.7 Å². The van der Waals surface area contributed by atoms with E-state index >= 15 is 0 Å². The van der Waals surface area contributed by atoms with Crippen molar-refractivity contribution in [2.24, 2.45) is 5.73 Å². The summed E-state index contributed by atoms with van der Waals surface area (Å²) in [7, 11) is 3.36. The van der Waals surface area contributed by atoms with Crippen LogP contribution in [0, 0.1) is 13.1 Å². The standard InChI is InChI=1S/C15H24NOS.C12H17ClOS.C3H8N.CH4.2Y/c1-2-13-16-18(17)14-9-4-3-6-10-15-11-7-5-8-12-15;13-15(14)11-7-2-1-4-8-12-9-5-3-6-10-12;1-2-3-4;;;/h5,7-8,11-13,16H,2-4,6,9-10,14H2,1H3;3,5-6,9-10H,1-2,4,7-8,11H2;3H,2,4H2,1H3;1H4;;/q-1;;-1;;;. The number of nitrogens with two attached hydrogens (primary N) is 1. The van der Waals surface area contributed by atoms with Gasteiger partial charge in [0, 0.05) is 76.9 Å².